The summed E-state index contributed by atoms with van der Waals surface area (Å²) in [4.78, 5) is 62.0. The zero-order valence-corrected chi connectivity index (χ0v) is 20.4. The lowest BCUT2D eigenvalue weighted by molar-refractivity contribution is -0.137. The third-order valence-corrected chi connectivity index (χ3v) is 5.79. The highest BCUT2D eigenvalue weighted by Gasteiger charge is 2.27. The molecule has 1 aliphatic heterocycles. The molecule has 1 heterocycles. The number of nitrogens with one attached hydrogen (secondary N) is 2. The maximum absolute atomic E-state index is 12.8. The van der Waals surface area contributed by atoms with Gasteiger partial charge in [-0.15, -0.1) is 0 Å². The number of Topliss-reactive ketones (excluding diaryl/α,β-unsaturated/α-hetero) is 1. The van der Waals surface area contributed by atoms with Gasteiger partial charge in [0.05, 0.1) is 6.04 Å². The van der Waals surface area contributed by atoms with Crippen LogP contribution in [-0.2, 0) is 24.0 Å². The second-order valence-corrected chi connectivity index (χ2v) is 9.19. The Morgan fingerprint density at radius 2 is 1.53 bits per heavy atom. The molecule has 1 unspecified atom stereocenters. The molecule has 0 saturated carbocycles. The number of anilines is 1. The molecule has 1 aliphatic rings. The van der Waals surface area contributed by atoms with Crippen molar-refractivity contribution in [2.45, 2.75) is 65.8 Å². The number of unbranched alkanes of at least 4 members (excludes halogenated alkanes) is 2. The first-order valence-corrected chi connectivity index (χ1v) is 11.8. The van der Waals surface area contributed by atoms with Crippen LogP contribution in [0.2, 0.25) is 0 Å². The molecule has 2 N–H and O–H groups in total. The second-order valence-electron chi connectivity index (χ2n) is 9.19. The number of rotatable bonds is 13. The fraction of sp³-hybridized carbons (Fsp3) is 0.500. The van der Waals surface area contributed by atoms with E-state index in [-0.39, 0.29) is 48.2 Å². The maximum atomic E-state index is 12.8. The zero-order chi connectivity index (χ0) is 25.3. The molecule has 184 valence electrons. The number of imide groups is 1. The number of amides is 4. The first-order valence-electron chi connectivity index (χ1n) is 11.8. The van der Waals surface area contributed by atoms with Gasteiger partial charge in [-0.2, -0.15) is 0 Å². The predicted octanol–water partition coefficient (Wildman–Crippen LogP) is 3.16. The van der Waals surface area contributed by atoms with Crippen molar-refractivity contribution in [2.24, 2.45) is 11.8 Å². The highest BCUT2D eigenvalue weighted by atomic mass is 16.2. The minimum absolute atomic E-state index is 0.0345. The van der Waals surface area contributed by atoms with E-state index in [2.05, 4.69) is 10.6 Å². The van der Waals surface area contributed by atoms with E-state index in [1.807, 2.05) is 45.0 Å². The van der Waals surface area contributed by atoms with Crippen molar-refractivity contribution in [1.82, 2.24) is 10.2 Å². The van der Waals surface area contributed by atoms with E-state index >= 15 is 0 Å². The molecule has 8 nitrogen and oxygen atoms in total. The molecular formula is C26H35N3O5. The molecule has 0 radical (unpaired) electrons. The molecule has 0 fully saturated rings. The van der Waals surface area contributed by atoms with Gasteiger partial charge < -0.3 is 10.6 Å². The van der Waals surface area contributed by atoms with Crippen LogP contribution < -0.4 is 10.6 Å². The Bertz CT molecular complexity index is 918. The maximum Gasteiger partial charge on any atom is 0.253 e. The van der Waals surface area contributed by atoms with E-state index in [1.54, 1.807) is 6.92 Å². The van der Waals surface area contributed by atoms with Gasteiger partial charge in [-0.3, -0.25) is 28.9 Å². The molecule has 2 atom stereocenters. The highest BCUT2D eigenvalue weighted by Crippen LogP contribution is 2.15. The SMILES string of the molecule is Cc1ccc(NC(=O)[C@H](C)CC(=O)C(NC(=O)CCCCCN2C(=O)C=CC2=O)C(C)C)cc1. The number of carbonyl (C=O) groups excluding carboxylic acids is 5. The normalized spacial score (nSPS) is 14.9. The summed E-state index contributed by atoms with van der Waals surface area (Å²) in [5, 5.41) is 5.63. The number of aryl methyl sites for hydroxylation is 1. The van der Waals surface area contributed by atoms with Crippen LogP contribution in [0.3, 0.4) is 0 Å². The van der Waals surface area contributed by atoms with E-state index in [1.165, 1.54) is 17.1 Å². The second kappa shape index (κ2) is 12.8. The van der Waals surface area contributed by atoms with Gasteiger partial charge in [0, 0.05) is 43.1 Å². The van der Waals surface area contributed by atoms with Gasteiger partial charge in [-0.05, 0) is 37.8 Å². The van der Waals surface area contributed by atoms with Crippen LogP contribution in [0.4, 0.5) is 5.69 Å². The Kier molecular flexibility index (Phi) is 10.2. The number of nitrogens with zero attached hydrogens (tertiary/aromatic N) is 1. The van der Waals surface area contributed by atoms with Gasteiger partial charge in [-0.25, -0.2) is 0 Å². The Morgan fingerprint density at radius 1 is 0.912 bits per heavy atom. The molecule has 0 aliphatic carbocycles. The molecule has 1 aromatic carbocycles. The van der Waals surface area contributed by atoms with Crippen LogP contribution in [0.5, 0.6) is 0 Å². The smallest absolute Gasteiger partial charge is 0.253 e. The van der Waals surface area contributed by atoms with Crippen LogP contribution in [0, 0.1) is 18.8 Å². The van der Waals surface area contributed by atoms with Crippen LogP contribution in [0.25, 0.3) is 0 Å². The van der Waals surface area contributed by atoms with Gasteiger partial charge in [0.15, 0.2) is 5.78 Å². The molecule has 34 heavy (non-hydrogen) atoms. The van der Waals surface area contributed by atoms with Crippen LogP contribution >= 0.6 is 0 Å². The van der Waals surface area contributed by atoms with Crippen molar-refractivity contribution in [2.75, 3.05) is 11.9 Å². The zero-order valence-electron chi connectivity index (χ0n) is 20.4. The van der Waals surface area contributed by atoms with Crippen LogP contribution in [-0.4, -0.2) is 46.9 Å². The summed E-state index contributed by atoms with van der Waals surface area (Å²) in [6.45, 7) is 7.72. The van der Waals surface area contributed by atoms with E-state index in [0.29, 0.717) is 31.5 Å². The molecule has 1 aromatic rings. The summed E-state index contributed by atoms with van der Waals surface area (Å²) in [6.07, 6.45) is 4.68. The van der Waals surface area contributed by atoms with E-state index in [9.17, 15) is 24.0 Å². The summed E-state index contributed by atoms with van der Waals surface area (Å²) in [5.74, 6) is -1.88. The predicted molar refractivity (Wildman–Crippen MR) is 130 cm³/mol. The molecule has 8 heteroatoms. The lowest BCUT2D eigenvalue weighted by Gasteiger charge is -2.23. The number of hydrogen-bond donors (Lipinski definition) is 2. The van der Waals surface area contributed by atoms with Gasteiger partial charge in [-0.1, -0.05) is 44.9 Å². The Balaban J connectivity index is 1.74. The van der Waals surface area contributed by atoms with E-state index < -0.39 is 12.0 Å². The third kappa shape index (κ3) is 8.24. The Morgan fingerprint density at radius 3 is 2.12 bits per heavy atom. The number of hydrogen-bond acceptors (Lipinski definition) is 5. The quantitative estimate of drug-likeness (QED) is 0.340. The summed E-state index contributed by atoms with van der Waals surface area (Å²) in [7, 11) is 0. The minimum atomic E-state index is -0.659. The molecule has 2 rings (SSSR count). The molecule has 4 amide bonds. The van der Waals surface area contributed by atoms with Gasteiger partial charge >= 0.3 is 0 Å². The average Bonchev–Trinajstić information content (AvgIpc) is 3.10. The molecule has 0 spiro atoms. The molecule has 0 saturated heterocycles. The summed E-state index contributed by atoms with van der Waals surface area (Å²) >= 11 is 0. The van der Waals surface area contributed by atoms with E-state index in [4.69, 9.17) is 0 Å². The number of carbonyl (C=O) groups is 5. The molecule has 0 aromatic heterocycles. The molecular weight excluding hydrogens is 434 g/mol. The summed E-state index contributed by atoms with van der Waals surface area (Å²) in [5.41, 5.74) is 1.77. The Hall–Kier alpha value is -3.29. The van der Waals surface area contributed by atoms with Crippen LogP contribution in [0.1, 0.15) is 58.4 Å². The fourth-order valence-corrected chi connectivity index (χ4v) is 3.67. The lowest BCUT2D eigenvalue weighted by atomic mass is 9.92. The summed E-state index contributed by atoms with van der Waals surface area (Å²) in [6, 6.07) is 6.78. The van der Waals surface area contributed by atoms with Crippen molar-refractivity contribution < 1.29 is 24.0 Å². The van der Waals surface area contributed by atoms with Crippen molar-refractivity contribution >= 4 is 35.1 Å². The monoisotopic (exact) mass is 469 g/mol. The third-order valence-electron chi connectivity index (χ3n) is 5.79. The summed E-state index contributed by atoms with van der Waals surface area (Å²) < 4.78 is 0. The number of benzene rings is 1. The van der Waals surface area contributed by atoms with Crippen LogP contribution in [0.15, 0.2) is 36.4 Å². The molecule has 0 bridgehead atoms. The van der Waals surface area contributed by atoms with Gasteiger partial charge in [0.1, 0.15) is 0 Å². The van der Waals surface area contributed by atoms with Crippen molar-refractivity contribution in [1.29, 1.82) is 0 Å². The van der Waals surface area contributed by atoms with Crippen molar-refractivity contribution in [3.63, 3.8) is 0 Å². The Labute approximate surface area is 201 Å². The minimum Gasteiger partial charge on any atom is -0.346 e. The van der Waals surface area contributed by atoms with Crippen molar-refractivity contribution in [3.05, 3.63) is 42.0 Å². The first kappa shape index (κ1) is 27.0. The lowest BCUT2D eigenvalue weighted by Crippen LogP contribution is -2.45. The van der Waals surface area contributed by atoms with Crippen molar-refractivity contribution in [3.8, 4) is 0 Å². The van der Waals surface area contributed by atoms with Gasteiger partial charge in [0.2, 0.25) is 11.8 Å². The highest BCUT2D eigenvalue weighted by molar-refractivity contribution is 6.12. The van der Waals surface area contributed by atoms with Gasteiger partial charge in [0.25, 0.3) is 11.8 Å². The van der Waals surface area contributed by atoms with E-state index in [0.717, 1.165) is 5.56 Å². The average molecular weight is 470 g/mol. The first-order chi connectivity index (χ1) is 16.1. The standard InChI is InChI=1S/C26H35N3O5/c1-17(2)25(21(30)16-19(4)26(34)27-20-11-9-18(3)10-12-20)28-22(31)8-6-5-7-15-29-23(32)13-14-24(29)33/h9-14,17,19,25H,5-8,15-16H2,1-4H3,(H,27,34)(H,28,31)/t19-,25?/m1/s1. The largest absolute Gasteiger partial charge is 0.346 e. The fourth-order valence-electron chi connectivity index (χ4n) is 3.67. The topological polar surface area (TPSA) is 113 Å². The number of ketones is 1.